The number of aliphatic hydroxyl groups excluding tert-OH is 2. The summed E-state index contributed by atoms with van der Waals surface area (Å²) in [5.41, 5.74) is 0. The topological polar surface area (TPSA) is 69.6 Å². The predicted molar refractivity (Wildman–Crippen MR) is 198 cm³/mol. The molecule has 0 aliphatic heterocycles. The van der Waals surface area contributed by atoms with Crippen molar-refractivity contribution in [1.29, 1.82) is 0 Å². The molecule has 0 aromatic carbocycles. The first-order valence-electron chi connectivity index (χ1n) is 20.7. The summed E-state index contributed by atoms with van der Waals surface area (Å²) in [5.74, 6) is -0.0268. The molecular formula is C41H83NO3. The molecule has 0 heterocycles. The van der Waals surface area contributed by atoms with Gasteiger partial charge in [-0.05, 0) is 12.8 Å². The fourth-order valence-corrected chi connectivity index (χ4v) is 6.66. The van der Waals surface area contributed by atoms with E-state index in [2.05, 4.69) is 19.2 Å². The third kappa shape index (κ3) is 34.5. The minimum absolute atomic E-state index is 0.0268. The van der Waals surface area contributed by atoms with Crippen molar-refractivity contribution in [2.24, 2.45) is 0 Å². The maximum atomic E-state index is 12.4. The second-order valence-corrected chi connectivity index (χ2v) is 14.4. The van der Waals surface area contributed by atoms with Gasteiger partial charge in [0.15, 0.2) is 0 Å². The van der Waals surface area contributed by atoms with E-state index in [1.165, 1.54) is 186 Å². The van der Waals surface area contributed by atoms with Gasteiger partial charge in [-0.1, -0.05) is 219 Å². The molecule has 0 saturated carbocycles. The molecule has 0 saturated heterocycles. The van der Waals surface area contributed by atoms with E-state index in [1.54, 1.807) is 0 Å². The Kier molecular flexibility index (Phi) is 37.3. The molecule has 3 N–H and O–H groups in total. The molecule has 0 spiro atoms. The summed E-state index contributed by atoms with van der Waals surface area (Å²) in [6.07, 6.45) is 44.5. The molecule has 0 bridgehead atoms. The summed E-state index contributed by atoms with van der Waals surface area (Å²) in [5, 5.41) is 23.1. The lowest BCUT2D eigenvalue weighted by molar-refractivity contribution is -0.123. The lowest BCUT2D eigenvalue weighted by Gasteiger charge is -2.22. The maximum Gasteiger partial charge on any atom is 0.220 e. The van der Waals surface area contributed by atoms with Crippen molar-refractivity contribution in [3.05, 3.63) is 0 Å². The monoisotopic (exact) mass is 638 g/mol. The molecular weight excluding hydrogens is 554 g/mol. The predicted octanol–water partition coefficient (Wildman–Crippen LogP) is 12.5. The average Bonchev–Trinajstić information content (AvgIpc) is 3.04. The maximum absolute atomic E-state index is 12.4. The van der Waals surface area contributed by atoms with E-state index >= 15 is 0 Å². The number of hydrogen-bond donors (Lipinski definition) is 3. The fourth-order valence-electron chi connectivity index (χ4n) is 6.66. The van der Waals surface area contributed by atoms with Gasteiger partial charge in [-0.2, -0.15) is 0 Å². The van der Waals surface area contributed by atoms with Crippen LogP contribution in [0.25, 0.3) is 0 Å². The van der Waals surface area contributed by atoms with E-state index in [0.29, 0.717) is 12.8 Å². The molecule has 4 nitrogen and oxygen atoms in total. The van der Waals surface area contributed by atoms with Crippen molar-refractivity contribution in [2.45, 2.75) is 251 Å². The van der Waals surface area contributed by atoms with Crippen LogP contribution in [0.5, 0.6) is 0 Å². The quantitative estimate of drug-likeness (QED) is 0.0590. The number of aliphatic hydroxyl groups is 2. The van der Waals surface area contributed by atoms with Gasteiger partial charge in [0, 0.05) is 6.42 Å². The van der Waals surface area contributed by atoms with Crippen LogP contribution in [0.15, 0.2) is 0 Å². The van der Waals surface area contributed by atoms with Crippen LogP contribution in [0.3, 0.4) is 0 Å². The largest absolute Gasteiger partial charge is 0.394 e. The highest BCUT2D eigenvalue weighted by atomic mass is 16.3. The highest BCUT2D eigenvalue weighted by Gasteiger charge is 2.20. The molecule has 4 heteroatoms. The molecule has 1 amide bonds. The Morgan fingerprint density at radius 1 is 0.444 bits per heavy atom. The van der Waals surface area contributed by atoms with Gasteiger partial charge in [0.1, 0.15) is 0 Å². The summed E-state index contributed by atoms with van der Waals surface area (Å²) >= 11 is 0. The molecule has 0 rings (SSSR count). The summed E-state index contributed by atoms with van der Waals surface area (Å²) < 4.78 is 0. The Bertz CT molecular complexity index is 569. The van der Waals surface area contributed by atoms with Crippen molar-refractivity contribution < 1.29 is 15.0 Å². The minimum Gasteiger partial charge on any atom is -0.394 e. The van der Waals surface area contributed by atoms with Crippen molar-refractivity contribution in [1.82, 2.24) is 5.32 Å². The third-order valence-electron chi connectivity index (χ3n) is 9.87. The number of amides is 1. The third-order valence-corrected chi connectivity index (χ3v) is 9.87. The Morgan fingerprint density at radius 3 is 1.00 bits per heavy atom. The van der Waals surface area contributed by atoms with Crippen molar-refractivity contribution in [3.63, 3.8) is 0 Å². The van der Waals surface area contributed by atoms with Crippen LogP contribution in [-0.2, 0) is 4.79 Å². The van der Waals surface area contributed by atoms with Crippen LogP contribution in [0, 0.1) is 0 Å². The first-order chi connectivity index (χ1) is 22.2. The zero-order valence-electron chi connectivity index (χ0n) is 30.9. The molecule has 0 aromatic rings. The van der Waals surface area contributed by atoms with Gasteiger partial charge < -0.3 is 15.5 Å². The second kappa shape index (κ2) is 37.8. The van der Waals surface area contributed by atoms with Gasteiger partial charge in [0.25, 0.3) is 0 Å². The number of unbranched alkanes of at least 4 members (excludes halogenated alkanes) is 31. The van der Waals surface area contributed by atoms with Crippen LogP contribution >= 0.6 is 0 Å². The van der Waals surface area contributed by atoms with Gasteiger partial charge >= 0.3 is 0 Å². The standard InChI is InChI=1S/C41H83NO3/c1-3-5-7-9-11-13-15-17-19-20-21-22-23-25-27-29-31-33-35-37-41(45)42-39(38-43)40(44)36-34-32-30-28-26-24-18-16-14-12-10-8-6-4-2/h39-40,43-44H,3-38H2,1-2H3,(H,42,45). The van der Waals surface area contributed by atoms with Gasteiger partial charge in [-0.3, -0.25) is 4.79 Å². The van der Waals surface area contributed by atoms with E-state index in [9.17, 15) is 15.0 Å². The summed E-state index contributed by atoms with van der Waals surface area (Å²) in [6.45, 7) is 4.37. The molecule has 0 aromatic heterocycles. The van der Waals surface area contributed by atoms with Crippen molar-refractivity contribution in [2.75, 3.05) is 6.61 Å². The summed E-state index contributed by atoms with van der Waals surface area (Å²) in [4.78, 5) is 12.4. The number of nitrogens with one attached hydrogen (secondary N) is 1. The second-order valence-electron chi connectivity index (χ2n) is 14.4. The Balaban J connectivity index is 3.47. The van der Waals surface area contributed by atoms with Gasteiger partial charge in [0.05, 0.1) is 18.8 Å². The first kappa shape index (κ1) is 44.4. The van der Waals surface area contributed by atoms with E-state index in [0.717, 1.165) is 25.7 Å². The zero-order chi connectivity index (χ0) is 32.9. The van der Waals surface area contributed by atoms with E-state index in [-0.39, 0.29) is 12.5 Å². The first-order valence-corrected chi connectivity index (χ1v) is 20.7. The summed E-state index contributed by atoms with van der Waals surface area (Å²) in [7, 11) is 0. The van der Waals surface area contributed by atoms with Crippen LogP contribution in [0.1, 0.15) is 239 Å². The van der Waals surface area contributed by atoms with E-state index in [1.807, 2.05) is 0 Å². The molecule has 270 valence electrons. The van der Waals surface area contributed by atoms with Crippen LogP contribution < -0.4 is 5.32 Å². The number of rotatable bonds is 38. The number of carbonyl (C=O) groups is 1. The summed E-state index contributed by atoms with van der Waals surface area (Å²) in [6, 6.07) is -0.528. The molecule has 45 heavy (non-hydrogen) atoms. The van der Waals surface area contributed by atoms with Crippen molar-refractivity contribution >= 4 is 5.91 Å². The normalized spacial score (nSPS) is 12.9. The highest BCUT2D eigenvalue weighted by Crippen LogP contribution is 2.16. The Hall–Kier alpha value is -0.610. The van der Waals surface area contributed by atoms with Gasteiger partial charge in [-0.25, -0.2) is 0 Å². The lowest BCUT2D eigenvalue weighted by atomic mass is 10.0. The SMILES string of the molecule is CCCCCCCCCCCCCCCCCCCCCC(=O)NC(CO)C(O)CCCCCCCCCCCCCCCC. The van der Waals surface area contributed by atoms with Crippen LogP contribution in [0.4, 0.5) is 0 Å². The highest BCUT2D eigenvalue weighted by molar-refractivity contribution is 5.76. The average molecular weight is 638 g/mol. The molecule has 0 aliphatic carbocycles. The van der Waals surface area contributed by atoms with E-state index < -0.39 is 12.1 Å². The Labute approximate surface area is 283 Å². The van der Waals surface area contributed by atoms with Crippen LogP contribution in [0.2, 0.25) is 0 Å². The lowest BCUT2D eigenvalue weighted by Crippen LogP contribution is -2.45. The van der Waals surface area contributed by atoms with Crippen molar-refractivity contribution in [3.8, 4) is 0 Å². The van der Waals surface area contributed by atoms with E-state index in [4.69, 9.17) is 0 Å². The zero-order valence-corrected chi connectivity index (χ0v) is 30.9. The fraction of sp³-hybridized carbons (Fsp3) is 0.976. The molecule has 2 atom stereocenters. The van der Waals surface area contributed by atoms with Gasteiger partial charge in [0.2, 0.25) is 5.91 Å². The molecule has 0 aliphatic rings. The molecule has 2 unspecified atom stereocenters. The number of carbonyl (C=O) groups excluding carboxylic acids is 1. The molecule has 0 fully saturated rings. The number of hydrogen-bond acceptors (Lipinski definition) is 3. The minimum atomic E-state index is -0.651. The smallest absolute Gasteiger partial charge is 0.220 e. The van der Waals surface area contributed by atoms with Gasteiger partial charge in [-0.15, -0.1) is 0 Å². The molecule has 0 radical (unpaired) electrons. The van der Waals surface area contributed by atoms with Crippen LogP contribution in [-0.4, -0.2) is 34.9 Å². The Morgan fingerprint density at radius 2 is 0.711 bits per heavy atom.